The minimum atomic E-state index is -0.620. The predicted molar refractivity (Wildman–Crippen MR) is 106 cm³/mol. The predicted octanol–water partition coefficient (Wildman–Crippen LogP) is 2.93. The van der Waals surface area contributed by atoms with E-state index in [1.807, 2.05) is 13.0 Å². The topological polar surface area (TPSA) is 102 Å². The quantitative estimate of drug-likeness (QED) is 0.722. The van der Waals surface area contributed by atoms with Gasteiger partial charge in [0.15, 0.2) is 0 Å². The average Bonchev–Trinajstić information content (AvgIpc) is 3.23. The maximum atomic E-state index is 13.3. The van der Waals surface area contributed by atoms with Crippen LogP contribution in [0.15, 0.2) is 29.1 Å². The number of nitriles is 1. The molecule has 0 spiro atoms. The molecule has 1 aliphatic heterocycles. The maximum absolute atomic E-state index is 13.3. The molecule has 29 heavy (non-hydrogen) atoms. The van der Waals surface area contributed by atoms with Crippen LogP contribution in [0.3, 0.4) is 0 Å². The van der Waals surface area contributed by atoms with Crippen molar-refractivity contribution in [2.45, 2.75) is 45.8 Å². The van der Waals surface area contributed by atoms with Crippen LogP contribution in [0.25, 0.3) is 0 Å². The van der Waals surface area contributed by atoms with E-state index in [1.165, 1.54) is 6.92 Å². The largest absolute Gasteiger partial charge is 0.494 e. The summed E-state index contributed by atoms with van der Waals surface area (Å²) in [5.74, 6) is -0.546. The molecule has 1 aromatic carbocycles. The lowest BCUT2D eigenvalue weighted by atomic mass is 9.96. The third-order valence-corrected chi connectivity index (χ3v) is 5.03. The molecule has 3 rings (SSSR count). The van der Waals surface area contributed by atoms with E-state index in [-0.39, 0.29) is 34.9 Å². The minimum absolute atomic E-state index is 0.0632. The fourth-order valence-electron chi connectivity index (χ4n) is 3.51. The molecule has 7 heteroatoms. The summed E-state index contributed by atoms with van der Waals surface area (Å²) < 4.78 is 12.3. The maximum Gasteiger partial charge on any atom is 0.271 e. The van der Waals surface area contributed by atoms with Gasteiger partial charge in [0, 0.05) is 6.61 Å². The van der Waals surface area contributed by atoms with E-state index < -0.39 is 17.2 Å². The van der Waals surface area contributed by atoms with Gasteiger partial charge in [-0.15, -0.1) is 0 Å². The third kappa shape index (κ3) is 4.03. The number of carbonyl (C=O) groups is 1. The van der Waals surface area contributed by atoms with Gasteiger partial charge in [0.2, 0.25) is 11.7 Å². The summed E-state index contributed by atoms with van der Waals surface area (Å²) in [6.07, 6.45) is 2.15. The number of hydrogen-bond donors (Lipinski definition) is 1. The van der Waals surface area contributed by atoms with Crippen LogP contribution in [0.4, 0.5) is 0 Å². The number of aromatic hydroxyl groups is 1. The monoisotopic (exact) mass is 396 g/mol. The lowest BCUT2D eigenvalue weighted by Gasteiger charge is -2.18. The summed E-state index contributed by atoms with van der Waals surface area (Å²) in [6, 6.07) is 8.63. The highest BCUT2D eigenvalue weighted by atomic mass is 16.5. The lowest BCUT2D eigenvalue weighted by Crippen LogP contribution is -2.30. The Morgan fingerprint density at radius 3 is 2.83 bits per heavy atom. The fraction of sp³-hybridized carbons (Fsp3) is 0.409. The Bertz CT molecular complexity index is 1010. The summed E-state index contributed by atoms with van der Waals surface area (Å²) in [7, 11) is 0. The molecule has 1 unspecified atom stereocenters. The molecule has 2 heterocycles. The second-order valence-electron chi connectivity index (χ2n) is 7.03. The van der Waals surface area contributed by atoms with Crippen LogP contribution < -0.4 is 10.3 Å². The fourth-order valence-corrected chi connectivity index (χ4v) is 3.51. The van der Waals surface area contributed by atoms with Crippen LogP contribution in [0.1, 0.15) is 53.2 Å². The highest BCUT2D eigenvalue weighted by Gasteiger charge is 2.28. The van der Waals surface area contributed by atoms with Crippen molar-refractivity contribution in [2.75, 3.05) is 13.2 Å². The van der Waals surface area contributed by atoms with Crippen LogP contribution >= 0.6 is 0 Å². The zero-order valence-corrected chi connectivity index (χ0v) is 16.6. The molecule has 0 aliphatic carbocycles. The lowest BCUT2D eigenvalue weighted by molar-refractivity contribution is 0.0929. The van der Waals surface area contributed by atoms with Gasteiger partial charge in [-0.25, -0.2) is 0 Å². The van der Waals surface area contributed by atoms with E-state index in [9.17, 15) is 20.0 Å². The number of hydrogen-bond acceptors (Lipinski definition) is 6. The van der Waals surface area contributed by atoms with Gasteiger partial charge in [-0.05, 0) is 43.9 Å². The summed E-state index contributed by atoms with van der Waals surface area (Å²) >= 11 is 0. The zero-order valence-electron chi connectivity index (χ0n) is 16.6. The number of aromatic nitrogens is 1. The van der Waals surface area contributed by atoms with Crippen molar-refractivity contribution in [1.82, 2.24) is 4.57 Å². The molecule has 152 valence electrons. The molecule has 0 amide bonds. The first kappa shape index (κ1) is 20.6. The second-order valence-corrected chi connectivity index (χ2v) is 7.03. The molecular formula is C22H24N2O5. The summed E-state index contributed by atoms with van der Waals surface area (Å²) in [4.78, 5) is 26.1. The Balaban J connectivity index is 2.13. The molecule has 0 bridgehead atoms. The van der Waals surface area contributed by atoms with Gasteiger partial charge in [-0.1, -0.05) is 19.1 Å². The standard InChI is InChI=1S/C22H24N2O5/c1-3-10-29-18-9-5-4-8-16(18)20(25)19-14(2)17(12-23)21(26)24(22(19)27)13-15-7-6-11-28-15/h4-5,8-9,15,27H,3,6-7,10-11,13H2,1-2H3. The average molecular weight is 396 g/mol. The number of ether oxygens (including phenoxy) is 2. The Morgan fingerprint density at radius 1 is 1.41 bits per heavy atom. The number of para-hydroxylation sites is 1. The van der Waals surface area contributed by atoms with Crippen LogP contribution in [0.5, 0.6) is 11.6 Å². The van der Waals surface area contributed by atoms with Crippen LogP contribution in [-0.4, -0.2) is 34.8 Å². The normalized spacial score (nSPS) is 15.8. The summed E-state index contributed by atoms with van der Waals surface area (Å²) in [6.45, 7) is 4.58. The Kier molecular flexibility index (Phi) is 6.35. The number of nitrogens with zero attached hydrogens (tertiary/aromatic N) is 2. The Labute approximate surface area is 169 Å². The van der Waals surface area contributed by atoms with Gasteiger partial charge in [-0.2, -0.15) is 5.26 Å². The number of benzene rings is 1. The number of rotatable bonds is 7. The van der Waals surface area contributed by atoms with Crippen molar-refractivity contribution < 1.29 is 19.4 Å². The summed E-state index contributed by atoms with van der Waals surface area (Å²) in [5.41, 5.74) is -0.410. The van der Waals surface area contributed by atoms with Crippen LogP contribution in [-0.2, 0) is 11.3 Å². The molecule has 1 N–H and O–H groups in total. The first-order valence-electron chi connectivity index (χ1n) is 9.74. The molecule has 0 saturated carbocycles. The molecule has 1 saturated heterocycles. The number of ketones is 1. The minimum Gasteiger partial charge on any atom is -0.494 e. The van der Waals surface area contributed by atoms with E-state index in [2.05, 4.69) is 0 Å². The van der Waals surface area contributed by atoms with Crippen molar-refractivity contribution in [3.63, 3.8) is 0 Å². The molecule has 2 aromatic rings. The highest BCUT2D eigenvalue weighted by molar-refractivity contribution is 6.13. The van der Waals surface area contributed by atoms with E-state index in [1.54, 1.807) is 24.3 Å². The van der Waals surface area contributed by atoms with E-state index in [0.717, 1.165) is 23.8 Å². The van der Waals surface area contributed by atoms with Gasteiger partial charge >= 0.3 is 0 Å². The van der Waals surface area contributed by atoms with Crippen molar-refractivity contribution in [3.8, 4) is 17.7 Å². The van der Waals surface area contributed by atoms with E-state index >= 15 is 0 Å². The highest BCUT2D eigenvalue weighted by Crippen LogP contribution is 2.29. The van der Waals surface area contributed by atoms with Gasteiger partial charge in [-0.3, -0.25) is 14.2 Å². The molecule has 1 fully saturated rings. The van der Waals surface area contributed by atoms with Gasteiger partial charge in [0.05, 0.1) is 30.4 Å². The molecule has 7 nitrogen and oxygen atoms in total. The van der Waals surface area contributed by atoms with Crippen LogP contribution in [0.2, 0.25) is 0 Å². The smallest absolute Gasteiger partial charge is 0.271 e. The Hall–Kier alpha value is -3.11. The molecular weight excluding hydrogens is 372 g/mol. The van der Waals surface area contributed by atoms with Gasteiger partial charge in [0.25, 0.3) is 5.56 Å². The van der Waals surface area contributed by atoms with Gasteiger partial charge < -0.3 is 14.6 Å². The molecule has 1 aliphatic rings. The summed E-state index contributed by atoms with van der Waals surface area (Å²) in [5, 5.41) is 20.4. The molecule has 0 radical (unpaired) electrons. The van der Waals surface area contributed by atoms with E-state index in [4.69, 9.17) is 9.47 Å². The third-order valence-electron chi connectivity index (χ3n) is 5.03. The SMILES string of the molecule is CCCOc1ccccc1C(=O)c1c(C)c(C#N)c(=O)n(CC2CCCO2)c1O. The number of pyridine rings is 1. The number of carbonyl (C=O) groups excluding carboxylic acids is 1. The first-order chi connectivity index (χ1) is 14.0. The van der Waals surface area contributed by atoms with Crippen molar-refractivity contribution in [3.05, 3.63) is 56.9 Å². The van der Waals surface area contributed by atoms with Crippen molar-refractivity contribution in [1.29, 1.82) is 5.26 Å². The molecule has 1 atom stereocenters. The van der Waals surface area contributed by atoms with E-state index in [0.29, 0.717) is 19.0 Å². The van der Waals surface area contributed by atoms with Crippen LogP contribution in [0, 0.1) is 18.3 Å². The first-order valence-corrected chi connectivity index (χ1v) is 9.74. The Morgan fingerprint density at radius 2 is 2.17 bits per heavy atom. The zero-order chi connectivity index (χ0) is 21.0. The second kappa shape index (κ2) is 8.93. The van der Waals surface area contributed by atoms with Crippen molar-refractivity contribution >= 4 is 5.78 Å². The van der Waals surface area contributed by atoms with Gasteiger partial charge in [0.1, 0.15) is 17.4 Å². The van der Waals surface area contributed by atoms with Crippen molar-refractivity contribution in [2.24, 2.45) is 0 Å². The molecule has 1 aromatic heterocycles.